The number of allylic oxidation sites excluding steroid dienone is 3. The largest absolute Gasteiger partial charge is 0.366 e. The molecular weight excluding hydrogens is 348 g/mol. The van der Waals surface area contributed by atoms with Gasteiger partial charge in [-0.2, -0.15) is 0 Å². The first-order valence-corrected chi connectivity index (χ1v) is 11.3. The number of aliphatic hydroxyl groups is 1. The Hall–Kier alpha value is -0.930. The highest BCUT2D eigenvalue weighted by Crippen LogP contribution is 2.67. The van der Waals surface area contributed by atoms with Crippen LogP contribution in [0.4, 0.5) is 0 Å². The van der Waals surface area contributed by atoms with Gasteiger partial charge < -0.3 is 9.84 Å². The van der Waals surface area contributed by atoms with Crippen molar-refractivity contribution in [3.63, 3.8) is 0 Å². The van der Waals surface area contributed by atoms with Crippen LogP contribution < -0.4 is 0 Å². The fourth-order valence-electron chi connectivity index (χ4n) is 7.62. The van der Waals surface area contributed by atoms with Crippen molar-refractivity contribution in [3.05, 3.63) is 23.8 Å². The molecular formula is C25H38O3. The van der Waals surface area contributed by atoms with Gasteiger partial charge in [-0.15, -0.1) is 0 Å². The SMILES string of the molecule is C=C1CCC2C3C(OC(C)(C)O)CC4CC(=O)/C(=C\C)CC4(C)C3CCC12C. The van der Waals surface area contributed by atoms with E-state index in [0.717, 1.165) is 24.8 Å². The van der Waals surface area contributed by atoms with Crippen LogP contribution in [0, 0.1) is 34.5 Å². The summed E-state index contributed by atoms with van der Waals surface area (Å²) >= 11 is 0. The molecule has 4 aliphatic carbocycles. The number of carbonyl (C=O) groups excluding carboxylic acids is 1. The van der Waals surface area contributed by atoms with Gasteiger partial charge in [0.2, 0.25) is 0 Å². The van der Waals surface area contributed by atoms with Gasteiger partial charge in [-0.3, -0.25) is 4.79 Å². The second kappa shape index (κ2) is 6.54. The Morgan fingerprint density at radius 1 is 1.25 bits per heavy atom. The van der Waals surface area contributed by atoms with Gasteiger partial charge in [0, 0.05) is 6.42 Å². The minimum atomic E-state index is -1.14. The van der Waals surface area contributed by atoms with Crippen molar-refractivity contribution in [3.8, 4) is 0 Å². The fraction of sp³-hybridized carbons (Fsp3) is 0.800. The van der Waals surface area contributed by atoms with Crippen molar-refractivity contribution in [1.82, 2.24) is 0 Å². The lowest BCUT2D eigenvalue weighted by Gasteiger charge is -2.62. The summed E-state index contributed by atoms with van der Waals surface area (Å²) in [7, 11) is 0. The second-order valence-electron chi connectivity index (χ2n) is 11.0. The zero-order valence-corrected chi connectivity index (χ0v) is 18.4. The summed E-state index contributed by atoms with van der Waals surface area (Å²) < 4.78 is 6.32. The molecule has 0 saturated heterocycles. The molecule has 0 aromatic rings. The maximum Gasteiger partial charge on any atom is 0.160 e. The number of hydrogen-bond acceptors (Lipinski definition) is 3. The molecule has 7 atom stereocenters. The quantitative estimate of drug-likeness (QED) is 0.391. The van der Waals surface area contributed by atoms with Gasteiger partial charge in [0.25, 0.3) is 0 Å². The Morgan fingerprint density at radius 3 is 2.61 bits per heavy atom. The predicted octanol–water partition coefficient (Wildman–Crippen LogP) is 5.43. The summed E-state index contributed by atoms with van der Waals surface area (Å²) in [6.07, 6.45) is 9.21. The maximum absolute atomic E-state index is 12.7. The third kappa shape index (κ3) is 2.96. The van der Waals surface area contributed by atoms with Crippen molar-refractivity contribution in [2.45, 2.75) is 91.5 Å². The molecule has 3 nitrogen and oxygen atoms in total. The molecule has 0 heterocycles. The molecule has 4 aliphatic rings. The van der Waals surface area contributed by atoms with Crippen LogP contribution in [0.2, 0.25) is 0 Å². The topological polar surface area (TPSA) is 46.5 Å². The lowest BCUT2D eigenvalue weighted by molar-refractivity contribution is -0.259. The van der Waals surface area contributed by atoms with Crippen LogP contribution in [-0.4, -0.2) is 22.8 Å². The first kappa shape index (κ1) is 20.3. The van der Waals surface area contributed by atoms with Gasteiger partial charge in [0.05, 0.1) is 6.10 Å². The maximum atomic E-state index is 12.7. The van der Waals surface area contributed by atoms with Crippen LogP contribution >= 0.6 is 0 Å². The van der Waals surface area contributed by atoms with Gasteiger partial charge in [0.15, 0.2) is 11.6 Å². The van der Waals surface area contributed by atoms with E-state index in [2.05, 4.69) is 20.4 Å². The second-order valence-corrected chi connectivity index (χ2v) is 11.0. The molecule has 0 amide bonds. The van der Waals surface area contributed by atoms with Crippen molar-refractivity contribution in [1.29, 1.82) is 0 Å². The average molecular weight is 387 g/mol. The van der Waals surface area contributed by atoms with Crippen LogP contribution in [0.5, 0.6) is 0 Å². The molecule has 28 heavy (non-hydrogen) atoms. The number of carbonyl (C=O) groups is 1. The molecule has 7 unspecified atom stereocenters. The number of Topliss-reactive ketones (excluding diaryl/α,β-unsaturated/α-hetero) is 1. The Bertz CT molecular complexity index is 714. The third-order valence-corrected chi connectivity index (χ3v) is 9.16. The van der Waals surface area contributed by atoms with Crippen molar-refractivity contribution in [2.75, 3.05) is 0 Å². The summed E-state index contributed by atoms with van der Waals surface area (Å²) in [6.45, 7) is 14.8. The number of rotatable bonds is 2. The average Bonchev–Trinajstić information content (AvgIpc) is 2.90. The van der Waals surface area contributed by atoms with Crippen LogP contribution in [0.15, 0.2) is 23.8 Å². The lowest BCUT2D eigenvalue weighted by atomic mass is 9.44. The van der Waals surface area contributed by atoms with E-state index < -0.39 is 5.79 Å². The molecule has 0 radical (unpaired) electrons. The molecule has 0 spiro atoms. The highest BCUT2D eigenvalue weighted by Gasteiger charge is 2.62. The van der Waals surface area contributed by atoms with Gasteiger partial charge in [-0.25, -0.2) is 0 Å². The van der Waals surface area contributed by atoms with Crippen LogP contribution in [0.1, 0.15) is 79.6 Å². The molecule has 0 aromatic carbocycles. The summed E-state index contributed by atoms with van der Waals surface area (Å²) in [4.78, 5) is 12.7. The Morgan fingerprint density at radius 2 is 1.96 bits per heavy atom. The number of hydrogen-bond donors (Lipinski definition) is 1. The molecule has 4 saturated carbocycles. The van der Waals surface area contributed by atoms with Crippen LogP contribution in [-0.2, 0) is 9.53 Å². The highest BCUT2D eigenvalue weighted by molar-refractivity contribution is 5.96. The van der Waals surface area contributed by atoms with E-state index in [1.807, 2.05) is 13.0 Å². The highest BCUT2D eigenvalue weighted by atomic mass is 16.6. The first-order chi connectivity index (χ1) is 13.0. The van der Waals surface area contributed by atoms with Gasteiger partial charge in [0.1, 0.15) is 0 Å². The minimum absolute atomic E-state index is 0.0264. The molecule has 4 fully saturated rings. The number of ether oxygens (including phenoxy) is 1. The van der Waals surface area contributed by atoms with Crippen molar-refractivity contribution < 1.29 is 14.6 Å². The number of fused-ring (bicyclic) bond motifs is 5. The van der Waals surface area contributed by atoms with Gasteiger partial charge >= 0.3 is 0 Å². The summed E-state index contributed by atoms with van der Waals surface area (Å²) in [5, 5.41) is 10.5. The first-order valence-electron chi connectivity index (χ1n) is 11.3. The Labute approximate surface area is 170 Å². The van der Waals surface area contributed by atoms with Gasteiger partial charge in [-0.1, -0.05) is 32.1 Å². The molecule has 1 N–H and O–H groups in total. The molecule has 0 bridgehead atoms. The molecule has 0 aromatic heterocycles. The minimum Gasteiger partial charge on any atom is -0.366 e. The lowest BCUT2D eigenvalue weighted by Crippen LogP contribution is -2.59. The monoisotopic (exact) mass is 386 g/mol. The van der Waals surface area contributed by atoms with Gasteiger partial charge in [-0.05, 0) is 99.4 Å². The normalized spacial score (nSPS) is 47.6. The summed E-state index contributed by atoms with van der Waals surface area (Å²) in [5.41, 5.74) is 2.81. The fourth-order valence-corrected chi connectivity index (χ4v) is 7.62. The Balaban J connectivity index is 1.75. The van der Waals surface area contributed by atoms with E-state index in [1.54, 1.807) is 13.8 Å². The van der Waals surface area contributed by atoms with E-state index in [1.165, 1.54) is 24.8 Å². The van der Waals surface area contributed by atoms with Crippen molar-refractivity contribution in [2.24, 2.45) is 34.5 Å². The standard InChI is InChI=1S/C25H38O3/c1-7-16-14-25(6)17(12-20(16)26)13-21(28-23(3,4)27)22-18-9-8-15(2)24(18,5)11-10-19(22)25/h7,17-19,21-22,27H,2,8-14H2,1,3-6H3/b16-7-. The summed E-state index contributed by atoms with van der Waals surface area (Å²) in [6, 6.07) is 0. The summed E-state index contributed by atoms with van der Waals surface area (Å²) in [5.74, 6) is 1.10. The smallest absolute Gasteiger partial charge is 0.160 e. The zero-order valence-electron chi connectivity index (χ0n) is 18.4. The molecule has 4 rings (SSSR count). The molecule has 0 aliphatic heterocycles. The van der Waals surface area contributed by atoms with E-state index in [0.29, 0.717) is 35.9 Å². The van der Waals surface area contributed by atoms with E-state index >= 15 is 0 Å². The van der Waals surface area contributed by atoms with E-state index in [9.17, 15) is 9.90 Å². The van der Waals surface area contributed by atoms with Crippen LogP contribution in [0.3, 0.4) is 0 Å². The third-order valence-electron chi connectivity index (χ3n) is 9.16. The Kier molecular flexibility index (Phi) is 4.75. The molecule has 3 heteroatoms. The predicted molar refractivity (Wildman–Crippen MR) is 112 cm³/mol. The number of ketones is 1. The zero-order chi connectivity index (χ0) is 20.5. The van der Waals surface area contributed by atoms with E-state index in [4.69, 9.17) is 4.74 Å². The van der Waals surface area contributed by atoms with Crippen LogP contribution in [0.25, 0.3) is 0 Å². The van der Waals surface area contributed by atoms with Crippen molar-refractivity contribution >= 4 is 5.78 Å². The molecule has 156 valence electrons. The van der Waals surface area contributed by atoms with E-state index in [-0.39, 0.29) is 16.9 Å².